The second-order valence-corrected chi connectivity index (χ2v) is 6.35. The van der Waals surface area contributed by atoms with E-state index in [4.69, 9.17) is 27.9 Å². The molecule has 4 nitrogen and oxygen atoms in total. The summed E-state index contributed by atoms with van der Waals surface area (Å²) in [5.41, 5.74) is 2.72. The molecular weight excluding hydrogens is 361 g/mol. The van der Waals surface area contributed by atoms with Gasteiger partial charge in [-0.3, -0.25) is 4.79 Å². The Balaban J connectivity index is 1.55. The van der Waals surface area contributed by atoms with Crippen molar-refractivity contribution in [3.63, 3.8) is 0 Å². The molecule has 0 aromatic heterocycles. The predicted molar refractivity (Wildman–Crippen MR) is 99.0 cm³/mol. The van der Waals surface area contributed by atoms with Crippen molar-refractivity contribution in [2.24, 2.45) is 0 Å². The summed E-state index contributed by atoms with van der Waals surface area (Å²) in [7, 11) is 0. The number of ether oxygens (including phenoxy) is 1. The molecule has 2 aromatic rings. The summed E-state index contributed by atoms with van der Waals surface area (Å²) < 4.78 is 5.03. The Morgan fingerprint density at radius 1 is 1.12 bits per heavy atom. The lowest BCUT2D eigenvalue weighted by molar-refractivity contribution is -0.142. The molecule has 0 spiro atoms. The first-order valence-electron chi connectivity index (χ1n) is 7.73. The van der Waals surface area contributed by atoms with Crippen molar-refractivity contribution in [1.29, 1.82) is 0 Å². The molecule has 0 saturated carbocycles. The Morgan fingerprint density at radius 3 is 2.72 bits per heavy atom. The van der Waals surface area contributed by atoms with E-state index < -0.39 is 5.97 Å². The first-order valence-corrected chi connectivity index (χ1v) is 8.48. The number of hydrogen-bond acceptors (Lipinski definition) is 3. The van der Waals surface area contributed by atoms with Crippen LogP contribution >= 0.6 is 23.2 Å². The molecule has 0 bridgehead atoms. The van der Waals surface area contributed by atoms with E-state index in [1.54, 1.807) is 29.2 Å². The first-order chi connectivity index (χ1) is 12.0. The highest BCUT2D eigenvalue weighted by Gasteiger charge is 2.24. The van der Waals surface area contributed by atoms with Gasteiger partial charge in [-0.2, -0.15) is 0 Å². The molecule has 0 fully saturated rings. The van der Waals surface area contributed by atoms with Gasteiger partial charge in [0.05, 0.1) is 10.0 Å². The molecule has 1 aliphatic rings. The van der Waals surface area contributed by atoms with Crippen LogP contribution in [0.1, 0.15) is 11.1 Å². The predicted octanol–water partition coefficient (Wildman–Crippen LogP) is 4.14. The zero-order valence-electron chi connectivity index (χ0n) is 13.2. The molecule has 0 unspecified atom stereocenters. The van der Waals surface area contributed by atoms with Crippen molar-refractivity contribution >= 4 is 46.8 Å². The summed E-state index contributed by atoms with van der Waals surface area (Å²) in [6, 6.07) is 12.7. The topological polar surface area (TPSA) is 46.6 Å². The monoisotopic (exact) mass is 375 g/mol. The average Bonchev–Trinajstić information content (AvgIpc) is 3.05. The van der Waals surface area contributed by atoms with Crippen molar-refractivity contribution in [3.05, 3.63) is 69.7 Å². The minimum Gasteiger partial charge on any atom is -0.452 e. The number of hydrogen-bond donors (Lipinski definition) is 0. The third-order valence-corrected chi connectivity index (χ3v) is 4.62. The van der Waals surface area contributed by atoms with E-state index >= 15 is 0 Å². The Hall–Kier alpha value is -2.30. The zero-order valence-corrected chi connectivity index (χ0v) is 14.8. The van der Waals surface area contributed by atoms with E-state index in [1.165, 1.54) is 6.08 Å². The van der Waals surface area contributed by atoms with Crippen LogP contribution in [-0.2, 0) is 20.7 Å². The number of halogens is 2. The second kappa shape index (κ2) is 7.72. The van der Waals surface area contributed by atoms with Crippen LogP contribution in [0.4, 0.5) is 5.69 Å². The standard InChI is InChI=1S/C19H15Cl2NO3/c20-15-7-5-13(11-16(15)21)6-8-19(24)25-12-18(23)22-10-9-14-3-1-2-4-17(14)22/h1-8,11H,9-10,12H2. The van der Waals surface area contributed by atoms with E-state index in [0.29, 0.717) is 22.2 Å². The highest BCUT2D eigenvalue weighted by atomic mass is 35.5. The number of anilines is 1. The maximum atomic E-state index is 12.3. The van der Waals surface area contributed by atoms with Gasteiger partial charge < -0.3 is 9.64 Å². The smallest absolute Gasteiger partial charge is 0.331 e. The highest BCUT2D eigenvalue weighted by molar-refractivity contribution is 6.42. The van der Waals surface area contributed by atoms with Gasteiger partial charge in [0.1, 0.15) is 0 Å². The minimum absolute atomic E-state index is 0.235. The average molecular weight is 376 g/mol. The molecule has 6 heteroatoms. The Kier molecular flexibility index (Phi) is 5.41. The van der Waals surface area contributed by atoms with Gasteiger partial charge in [0.15, 0.2) is 6.61 Å². The van der Waals surface area contributed by atoms with E-state index in [1.807, 2.05) is 24.3 Å². The molecule has 0 radical (unpaired) electrons. The van der Waals surface area contributed by atoms with Crippen LogP contribution in [0.3, 0.4) is 0 Å². The van der Waals surface area contributed by atoms with Gasteiger partial charge in [-0.25, -0.2) is 4.79 Å². The summed E-state index contributed by atoms with van der Waals surface area (Å²) in [4.78, 5) is 25.7. The third kappa shape index (κ3) is 4.21. The fourth-order valence-corrected chi connectivity index (χ4v) is 2.94. The van der Waals surface area contributed by atoms with Crippen LogP contribution < -0.4 is 4.90 Å². The van der Waals surface area contributed by atoms with Crippen molar-refractivity contribution in [1.82, 2.24) is 0 Å². The van der Waals surface area contributed by atoms with Crippen molar-refractivity contribution in [2.45, 2.75) is 6.42 Å². The summed E-state index contributed by atoms with van der Waals surface area (Å²) >= 11 is 11.7. The van der Waals surface area contributed by atoms with Gasteiger partial charge in [-0.1, -0.05) is 47.5 Å². The largest absolute Gasteiger partial charge is 0.452 e. The van der Waals surface area contributed by atoms with E-state index in [9.17, 15) is 9.59 Å². The summed E-state index contributed by atoms with van der Waals surface area (Å²) in [6.45, 7) is 0.313. The molecule has 0 N–H and O–H groups in total. The fourth-order valence-electron chi connectivity index (χ4n) is 2.64. The molecule has 3 rings (SSSR count). The van der Waals surface area contributed by atoms with E-state index in [2.05, 4.69) is 0 Å². The molecule has 1 amide bonds. The summed E-state index contributed by atoms with van der Waals surface area (Å²) in [5.74, 6) is -0.826. The van der Waals surface area contributed by atoms with Gasteiger partial charge in [-0.15, -0.1) is 0 Å². The lowest BCUT2D eigenvalue weighted by Gasteiger charge is -2.16. The zero-order chi connectivity index (χ0) is 17.8. The Bertz CT molecular complexity index is 848. The normalized spacial score (nSPS) is 13.1. The molecule has 0 atom stereocenters. The number of esters is 1. The van der Waals surface area contributed by atoms with Crippen LogP contribution in [0.2, 0.25) is 10.0 Å². The first kappa shape index (κ1) is 17.5. The number of benzene rings is 2. The van der Waals surface area contributed by atoms with E-state index in [-0.39, 0.29) is 12.5 Å². The second-order valence-electron chi connectivity index (χ2n) is 5.54. The molecule has 0 aliphatic carbocycles. The summed E-state index contributed by atoms with van der Waals surface area (Å²) in [5, 5.41) is 0.845. The molecule has 1 aliphatic heterocycles. The van der Waals surface area contributed by atoms with Crippen LogP contribution in [0, 0.1) is 0 Å². The van der Waals surface area contributed by atoms with Crippen LogP contribution in [-0.4, -0.2) is 25.0 Å². The van der Waals surface area contributed by atoms with Crippen LogP contribution in [0.25, 0.3) is 6.08 Å². The summed E-state index contributed by atoms with van der Waals surface area (Å²) in [6.07, 6.45) is 3.62. The minimum atomic E-state index is -0.591. The van der Waals surface area contributed by atoms with Crippen molar-refractivity contribution < 1.29 is 14.3 Å². The van der Waals surface area contributed by atoms with Crippen molar-refractivity contribution in [2.75, 3.05) is 18.1 Å². The van der Waals surface area contributed by atoms with Crippen LogP contribution in [0.15, 0.2) is 48.5 Å². The Morgan fingerprint density at radius 2 is 1.92 bits per heavy atom. The van der Waals surface area contributed by atoms with Gasteiger partial charge in [0.2, 0.25) is 0 Å². The molecule has 2 aromatic carbocycles. The lowest BCUT2D eigenvalue weighted by atomic mass is 10.2. The SMILES string of the molecule is O=C(C=Cc1ccc(Cl)c(Cl)c1)OCC(=O)N1CCc2ccccc21. The number of carbonyl (C=O) groups is 2. The van der Waals surface area contributed by atoms with Gasteiger partial charge in [0, 0.05) is 18.3 Å². The third-order valence-electron chi connectivity index (χ3n) is 3.88. The molecule has 1 heterocycles. The number of fused-ring (bicyclic) bond motifs is 1. The quantitative estimate of drug-likeness (QED) is 0.595. The fraction of sp³-hybridized carbons (Fsp3) is 0.158. The van der Waals surface area contributed by atoms with Gasteiger partial charge in [0.25, 0.3) is 5.91 Å². The van der Waals surface area contributed by atoms with E-state index in [0.717, 1.165) is 17.7 Å². The van der Waals surface area contributed by atoms with Crippen LogP contribution in [0.5, 0.6) is 0 Å². The molecule has 0 saturated heterocycles. The number of amides is 1. The number of para-hydroxylation sites is 1. The molecule has 128 valence electrons. The molecular formula is C19H15Cl2NO3. The Labute approximate surface area is 155 Å². The van der Waals surface area contributed by atoms with Gasteiger partial charge in [-0.05, 0) is 41.8 Å². The van der Waals surface area contributed by atoms with Crippen molar-refractivity contribution in [3.8, 4) is 0 Å². The lowest BCUT2D eigenvalue weighted by Crippen LogP contribution is -2.33. The number of rotatable bonds is 4. The maximum Gasteiger partial charge on any atom is 0.331 e. The number of nitrogens with zero attached hydrogens (tertiary/aromatic N) is 1. The number of carbonyl (C=O) groups excluding carboxylic acids is 2. The molecule has 25 heavy (non-hydrogen) atoms. The van der Waals surface area contributed by atoms with Gasteiger partial charge >= 0.3 is 5.97 Å². The maximum absolute atomic E-state index is 12.3. The highest BCUT2D eigenvalue weighted by Crippen LogP contribution is 2.27.